The number of nitrogens with zero attached hydrogens (tertiary/aromatic N) is 2. The minimum Gasteiger partial charge on any atom is -0.481 e. The van der Waals surface area contributed by atoms with Gasteiger partial charge in [0.25, 0.3) is 5.91 Å². The SMILES string of the molecule is O=C(COc1cccc2ccc(N3CCc4ccccc4C3)nc12)Nc1cccc(Cl)c1. The molecule has 1 aliphatic heterocycles. The van der Waals surface area contributed by atoms with Gasteiger partial charge in [-0.3, -0.25) is 4.79 Å². The summed E-state index contributed by atoms with van der Waals surface area (Å²) in [4.78, 5) is 19.5. The summed E-state index contributed by atoms with van der Waals surface area (Å²) in [7, 11) is 0. The highest BCUT2D eigenvalue weighted by Gasteiger charge is 2.18. The maximum absolute atomic E-state index is 12.4. The van der Waals surface area contributed by atoms with Crippen LogP contribution < -0.4 is 15.0 Å². The van der Waals surface area contributed by atoms with E-state index in [2.05, 4.69) is 40.5 Å². The van der Waals surface area contributed by atoms with Crippen molar-refractivity contribution in [3.05, 3.63) is 95.0 Å². The lowest BCUT2D eigenvalue weighted by Gasteiger charge is -2.30. The molecule has 160 valence electrons. The van der Waals surface area contributed by atoms with Crippen LogP contribution in [0, 0.1) is 0 Å². The Kier molecular flexibility index (Phi) is 5.65. The number of hydrogen-bond donors (Lipinski definition) is 1. The fraction of sp³-hybridized carbons (Fsp3) is 0.154. The molecule has 1 amide bonds. The molecule has 1 N–H and O–H groups in total. The summed E-state index contributed by atoms with van der Waals surface area (Å²) >= 11 is 5.98. The smallest absolute Gasteiger partial charge is 0.262 e. The summed E-state index contributed by atoms with van der Waals surface area (Å²) in [6, 6.07) is 25.4. The van der Waals surface area contributed by atoms with Gasteiger partial charge in [-0.25, -0.2) is 4.98 Å². The number of halogens is 1. The van der Waals surface area contributed by atoms with Crippen molar-refractivity contribution in [3.8, 4) is 5.75 Å². The topological polar surface area (TPSA) is 54.5 Å². The standard InChI is InChI=1S/C26H22ClN3O2/c27-21-8-4-9-22(15-21)28-25(31)17-32-23-10-3-7-19-11-12-24(29-26(19)23)30-14-13-18-5-1-2-6-20(18)16-30/h1-12,15H,13-14,16-17H2,(H,28,31). The molecule has 0 unspecified atom stereocenters. The molecule has 0 spiro atoms. The summed E-state index contributed by atoms with van der Waals surface area (Å²) in [6.07, 6.45) is 0.998. The molecule has 0 atom stereocenters. The lowest BCUT2D eigenvalue weighted by Crippen LogP contribution is -2.30. The van der Waals surface area contributed by atoms with E-state index in [1.54, 1.807) is 24.3 Å². The second-order valence-corrected chi connectivity index (χ2v) is 8.22. The molecular formula is C26H22ClN3O2. The van der Waals surface area contributed by atoms with E-state index in [1.807, 2.05) is 24.3 Å². The number of ether oxygens (including phenoxy) is 1. The van der Waals surface area contributed by atoms with Crippen molar-refractivity contribution < 1.29 is 9.53 Å². The van der Waals surface area contributed by atoms with Gasteiger partial charge >= 0.3 is 0 Å². The van der Waals surface area contributed by atoms with Crippen molar-refractivity contribution in [2.24, 2.45) is 0 Å². The average Bonchev–Trinajstić information content (AvgIpc) is 2.82. The van der Waals surface area contributed by atoms with Gasteiger partial charge in [-0.05, 0) is 53.9 Å². The zero-order chi connectivity index (χ0) is 21.9. The zero-order valence-electron chi connectivity index (χ0n) is 17.4. The first-order valence-electron chi connectivity index (χ1n) is 10.6. The Morgan fingerprint density at radius 3 is 2.72 bits per heavy atom. The summed E-state index contributed by atoms with van der Waals surface area (Å²) in [5, 5.41) is 4.33. The molecule has 0 saturated heterocycles. The molecule has 1 aliphatic rings. The Hall–Kier alpha value is -3.57. The van der Waals surface area contributed by atoms with Crippen LogP contribution in [-0.2, 0) is 17.8 Å². The van der Waals surface area contributed by atoms with E-state index in [1.165, 1.54) is 11.1 Å². The molecule has 5 nitrogen and oxygen atoms in total. The van der Waals surface area contributed by atoms with E-state index in [4.69, 9.17) is 21.3 Å². The molecule has 0 aliphatic carbocycles. The van der Waals surface area contributed by atoms with Gasteiger partial charge in [0.05, 0.1) is 0 Å². The number of amides is 1. The van der Waals surface area contributed by atoms with Crippen LogP contribution in [0.3, 0.4) is 0 Å². The zero-order valence-corrected chi connectivity index (χ0v) is 18.2. The highest BCUT2D eigenvalue weighted by molar-refractivity contribution is 6.30. The predicted octanol–water partition coefficient (Wildman–Crippen LogP) is 5.47. The van der Waals surface area contributed by atoms with Crippen molar-refractivity contribution >= 4 is 39.9 Å². The molecule has 2 heterocycles. The molecule has 4 aromatic rings. The Labute approximate surface area is 191 Å². The number of aromatic nitrogens is 1. The van der Waals surface area contributed by atoms with Gasteiger partial charge in [0.2, 0.25) is 0 Å². The fourth-order valence-corrected chi connectivity index (χ4v) is 4.19. The molecule has 0 bridgehead atoms. The minimum atomic E-state index is -0.256. The quantitative estimate of drug-likeness (QED) is 0.444. The van der Waals surface area contributed by atoms with Gasteiger partial charge in [-0.2, -0.15) is 0 Å². The lowest BCUT2D eigenvalue weighted by molar-refractivity contribution is -0.118. The number of anilines is 2. The number of pyridine rings is 1. The summed E-state index contributed by atoms with van der Waals surface area (Å²) < 4.78 is 5.86. The molecule has 0 saturated carbocycles. The average molecular weight is 444 g/mol. The van der Waals surface area contributed by atoms with E-state index in [0.717, 1.165) is 36.2 Å². The third-order valence-electron chi connectivity index (χ3n) is 5.59. The van der Waals surface area contributed by atoms with Gasteiger partial charge in [-0.1, -0.05) is 54.1 Å². The van der Waals surface area contributed by atoms with Crippen molar-refractivity contribution in [2.45, 2.75) is 13.0 Å². The van der Waals surface area contributed by atoms with Gasteiger partial charge < -0.3 is 15.0 Å². The van der Waals surface area contributed by atoms with Gasteiger partial charge in [0.15, 0.2) is 6.61 Å². The second kappa shape index (κ2) is 8.89. The molecule has 6 heteroatoms. The maximum atomic E-state index is 12.4. The molecular weight excluding hydrogens is 422 g/mol. The maximum Gasteiger partial charge on any atom is 0.262 e. The van der Waals surface area contributed by atoms with E-state index < -0.39 is 0 Å². The normalized spacial score (nSPS) is 13.0. The highest BCUT2D eigenvalue weighted by Crippen LogP contribution is 2.29. The third-order valence-corrected chi connectivity index (χ3v) is 5.83. The number of rotatable bonds is 5. The Morgan fingerprint density at radius 1 is 1.00 bits per heavy atom. The van der Waals surface area contributed by atoms with Gasteiger partial charge in [0.1, 0.15) is 17.1 Å². The second-order valence-electron chi connectivity index (χ2n) is 7.78. The van der Waals surface area contributed by atoms with Gasteiger partial charge in [0, 0.05) is 29.2 Å². The van der Waals surface area contributed by atoms with Crippen LogP contribution in [0.15, 0.2) is 78.9 Å². The van der Waals surface area contributed by atoms with Crippen molar-refractivity contribution in [1.82, 2.24) is 4.98 Å². The first kappa shape index (κ1) is 20.3. The fourth-order valence-electron chi connectivity index (χ4n) is 4.00. The third kappa shape index (κ3) is 4.39. The van der Waals surface area contributed by atoms with Crippen LogP contribution in [0.4, 0.5) is 11.5 Å². The number of para-hydroxylation sites is 1. The van der Waals surface area contributed by atoms with E-state index in [0.29, 0.717) is 16.5 Å². The van der Waals surface area contributed by atoms with Crippen LogP contribution >= 0.6 is 11.6 Å². The minimum absolute atomic E-state index is 0.116. The lowest BCUT2D eigenvalue weighted by atomic mass is 10.00. The molecule has 32 heavy (non-hydrogen) atoms. The van der Waals surface area contributed by atoms with Crippen LogP contribution in [0.1, 0.15) is 11.1 Å². The van der Waals surface area contributed by atoms with Crippen molar-refractivity contribution in [3.63, 3.8) is 0 Å². The summed E-state index contributed by atoms with van der Waals surface area (Å²) in [6.45, 7) is 1.63. The summed E-state index contributed by atoms with van der Waals surface area (Å²) in [5.41, 5.74) is 4.12. The monoisotopic (exact) mass is 443 g/mol. The predicted molar refractivity (Wildman–Crippen MR) is 129 cm³/mol. The van der Waals surface area contributed by atoms with E-state index in [-0.39, 0.29) is 12.5 Å². The Morgan fingerprint density at radius 2 is 1.84 bits per heavy atom. The first-order valence-corrected chi connectivity index (χ1v) is 10.9. The van der Waals surface area contributed by atoms with Crippen molar-refractivity contribution in [2.75, 3.05) is 23.4 Å². The van der Waals surface area contributed by atoms with Crippen LogP contribution in [0.2, 0.25) is 5.02 Å². The molecule has 5 rings (SSSR count). The Balaban J connectivity index is 1.33. The van der Waals surface area contributed by atoms with Crippen LogP contribution in [0.5, 0.6) is 5.75 Å². The van der Waals surface area contributed by atoms with Gasteiger partial charge in [-0.15, -0.1) is 0 Å². The summed E-state index contributed by atoms with van der Waals surface area (Å²) in [5.74, 6) is 1.24. The van der Waals surface area contributed by atoms with Crippen LogP contribution in [0.25, 0.3) is 10.9 Å². The van der Waals surface area contributed by atoms with E-state index >= 15 is 0 Å². The number of benzene rings is 3. The van der Waals surface area contributed by atoms with E-state index in [9.17, 15) is 4.79 Å². The van der Waals surface area contributed by atoms with Crippen molar-refractivity contribution in [1.29, 1.82) is 0 Å². The molecule has 1 aromatic heterocycles. The Bertz CT molecular complexity index is 1290. The highest BCUT2D eigenvalue weighted by atomic mass is 35.5. The first-order chi connectivity index (χ1) is 15.7. The molecule has 0 fully saturated rings. The number of fused-ring (bicyclic) bond motifs is 2. The largest absolute Gasteiger partial charge is 0.481 e. The van der Waals surface area contributed by atoms with Crippen LogP contribution in [-0.4, -0.2) is 24.0 Å². The molecule has 0 radical (unpaired) electrons. The number of carbonyl (C=O) groups excluding carboxylic acids is 1. The number of nitrogens with one attached hydrogen (secondary N) is 1. The molecule has 3 aromatic carbocycles. The number of carbonyl (C=O) groups is 1. The number of hydrogen-bond acceptors (Lipinski definition) is 4.